The molecular formula is C51H70N5O12P. The van der Waals surface area contributed by atoms with Gasteiger partial charge in [0.05, 0.1) is 38.0 Å². The number of rotatable bonds is 14. The number of fused-ring (bicyclic) bond motifs is 6. The van der Waals surface area contributed by atoms with Gasteiger partial charge in [0.15, 0.2) is 6.10 Å². The van der Waals surface area contributed by atoms with E-state index in [1.807, 2.05) is 55.2 Å². The molecule has 2 aliphatic carbocycles. The van der Waals surface area contributed by atoms with Gasteiger partial charge in [0.1, 0.15) is 11.6 Å². The molecule has 6 heterocycles. The summed E-state index contributed by atoms with van der Waals surface area (Å²) in [6.07, 6.45) is 8.26. The van der Waals surface area contributed by atoms with Crippen molar-refractivity contribution in [2.45, 2.75) is 114 Å². The molecule has 1 amide bonds. The van der Waals surface area contributed by atoms with Crippen molar-refractivity contribution in [1.82, 2.24) is 25.0 Å². The van der Waals surface area contributed by atoms with E-state index in [1.54, 1.807) is 28.0 Å². The largest absolute Gasteiger partial charge is 0.479 e. The number of benzene rings is 1. The van der Waals surface area contributed by atoms with E-state index in [0.29, 0.717) is 70.5 Å². The highest BCUT2D eigenvalue weighted by Crippen LogP contribution is 2.70. The van der Waals surface area contributed by atoms with Crippen molar-refractivity contribution < 1.29 is 57.2 Å². The molecule has 7 aliphatic rings. The van der Waals surface area contributed by atoms with Crippen molar-refractivity contribution in [2.75, 3.05) is 73.4 Å². The van der Waals surface area contributed by atoms with Crippen molar-refractivity contribution in [1.29, 1.82) is 0 Å². The van der Waals surface area contributed by atoms with Crippen LogP contribution in [0, 0.1) is 22.7 Å². The van der Waals surface area contributed by atoms with Crippen LogP contribution in [0.5, 0.6) is 0 Å². The van der Waals surface area contributed by atoms with Crippen LogP contribution < -0.4 is 5.32 Å². The van der Waals surface area contributed by atoms with Gasteiger partial charge in [0.2, 0.25) is 11.5 Å². The zero-order valence-electron chi connectivity index (χ0n) is 41.2. The van der Waals surface area contributed by atoms with E-state index in [2.05, 4.69) is 32.2 Å². The Labute approximate surface area is 404 Å². The number of aromatic amines is 1. The molecule has 0 radical (unpaired) electrons. The number of methoxy groups -OCH3 is 2. The second kappa shape index (κ2) is 18.0. The molecule has 69 heavy (non-hydrogen) atoms. The monoisotopic (exact) mass is 975 g/mol. The van der Waals surface area contributed by atoms with Crippen LogP contribution in [0.4, 0.5) is 0 Å². The Morgan fingerprint density at radius 3 is 2.38 bits per heavy atom. The highest BCUT2D eigenvalue weighted by molar-refractivity contribution is 7.54. The number of piperidine rings is 1. The number of carbonyl (C=O) groups is 4. The van der Waals surface area contributed by atoms with Gasteiger partial charge in [-0.15, -0.1) is 0 Å². The number of esters is 2. The average Bonchev–Trinajstić information content (AvgIpc) is 3.98. The summed E-state index contributed by atoms with van der Waals surface area (Å²) in [7, 11) is 1.11. The summed E-state index contributed by atoms with van der Waals surface area (Å²) in [5.74, 6) is -4.00. The third-order valence-electron chi connectivity index (χ3n) is 17.3. The van der Waals surface area contributed by atoms with Crippen molar-refractivity contribution in [3.63, 3.8) is 0 Å². The number of likely N-dealkylation sites (tertiary alicyclic amines) is 1. The minimum Gasteiger partial charge on any atom is -0.479 e. The highest BCUT2D eigenvalue weighted by Gasteiger charge is 2.81. The summed E-state index contributed by atoms with van der Waals surface area (Å²) in [5, 5.41) is 28.8. The predicted molar refractivity (Wildman–Crippen MR) is 256 cm³/mol. The number of carboxylic acids is 1. The van der Waals surface area contributed by atoms with E-state index in [4.69, 9.17) is 23.3 Å². The number of ether oxygens (including phenoxy) is 3. The molecule has 1 spiro atoms. The molecule has 12 atom stereocenters. The highest BCUT2D eigenvalue weighted by atomic mass is 31.2. The maximum atomic E-state index is 15.7. The van der Waals surface area contributed by atoms with E-state index in [1.165, 1.54) is 14.0 Å². The Bertz CT molecular complexity index is 2530. The number of carbonyl (C=O) groups excluding carboxylic acids is 3. The minimum absolute atomic E-state index is 0.128. The number of H-pyrrole nitrogens is 1. The second-order valence-electron chi connectivity index (χ2n) is 20.6. The van der Waals surface area contributed by atoms with Crippen LogP contribution >= 0.6 is 7.60 Å². The van der Waals surface area contributed by atoms with Crippen LogP contribution in [0.2, 0.25) is 0 Å². The van der Waals surface area contributed by atoms with Gasteiger partial charge in [0.25, 0.3) is 0 Å². The van der Waals surface area contributed by atoms with Crippen LogP contribution in [0.25, 0.3) is 10.9 Å². The van der Waals surface area contributed by atoms with Gasteiger partial charge < -0.3 is 53.6 Å². The second-order valence-corrected chi connectivity index (χ2v) is 22.6. The third kappa shape index (κ3) is 7.33. The van der Waals surface area contributed by atoms with E-state index in [9.17, 15) is 29.2 Å². The fraction of sp³-hybridized carbons (Fsp3) is 0.647. The normalized spacial score (nSPS) is 36.9. The summed E-state index contributed by atoms with van der Waals surface area (Å²) in [6.45, 7) is 11.9. The lowest BCUT2D eigenvalue weighted by atomic mass is 9.47. The SMILES string of the molecule is CCOP(=O)(CC(=O)N[C@@]1(CC)C[C@@H]2CN(CCc3c([nH]c4ccccc34)[C@@](C(=O)OC)(C3C=C4C(=CC3OC)N(C)[C@H]3[C@@](O)(C(=O)O)[C@H](OC(C)=O)[C@]5(CC)C=CCN6CC[C@]43[C@@H]65)C2)C1)OCC. The van der Waals surface area contributed by atoms with Gasteiger partial charge in [-0.25, -0.2) is 4.79 Å². The van der Waals surface area contributed by atoms with Gasteiger partial charge in [-0.05, 0) is 88.1 Å². The molecule has 17 nitrogen and oxygen atoms in total. The van der Waals surface area contributed by atoms with Gasteiger partial charge in [-0.2, -0.15) is 0 Å². The lowest BCUT2D eigenvalue weighted by Gasteiger charge is -2.63. The van der Waals surface area contributed by atoms with E-state index in [-0.39, 0.29) is 25.6 Å². The first-order valence-corrected chi connectivity index (χ1v) is 26.5. The molecule has 376 valence electrons. The number of carboxylic acid groups (broad SMARTS) is 1. The lowest BCUT2D eigenvalue weighted by molar-refractivity contribution is -0.241. The first-order chi connectivity index (χ1) is 32.9. The number of nitrogens with zero attached hydrogens (tertiary/aromatic N) is 3. The van der Waals surface area contributed by atoms with Crippen LogP contribution in [-0.4, -0.2) is 163 Å². The van der Waals surface area contributed by atoms with Crippen molar-refractivity contribution in [3.8, 4) is 0 Å². The molecule has 4 fully saturated rings. The van der Waals surface area contributed by atoms with Gasteiger partial charge in [0, 0.05) is 92.3 Å². The molecular weight excluding hydrogens is 906 g/mol. The predicted octanol–water partition coefficient (Wildman–Crippen LogP) is 4.93. The molecule has 1 aromatic carbocycles. The smallest absolute Gasteiger partial charge is 0.341 e. The fourth-order valence-corrected chi connectivity index (χ4v) is 16.5. The number of hydrogen-bond acceptors (Lipinski definition) is 14. The summed E-state index contributed by atoms with van der Waals surface area (Å²) in [6, 6.07) is 6.57. The van der Waals surface area contributed by atoms with Crippen molar-refractivity contribution in [3.05, 3.63) is 71.1 Å². The summed E-state index contributed by atoms with van der Waals surface area (Å²) < 4.78 is 43.3. The van der Waals surface area contributed by atoms with Gasteiger partial charge >= 0.3 is 25.5 Å². The summed E-state index contributed by atoms with van der Waals surface area (Å²) >= 11 is 0. The molecule has 4 N–H and O–H groups in total. The molecule has 3 unspecified atom stereocenters. The molecule has 18 heteroatoms. The van der Waals surface area contributed by atoms with Gasteiger partial charge in [-0.1, -0.05) is 50.3 Å². The maximum Gasteiger partial charge on any atom is 0.341 e. The van der Waals surface area contributed by atoms with Gasteiger partial charge in [-0.3, -0.25) is 23.8 Å². The summed E-state index contributed by atoms with van der Waals surface area (Å²) in [5.41, 5.74) is -2.81. The number of hydrogen-bond donors (Lipinski definition) is 4. The first-order valence-electron chi connectivity index (χ1n) is 24.8. The lowest BCUT2D eigenvalue weighted by Crippen LogP contribution is -2.79. The van der Waals surface area contributed by atoms with E-state index < -0.39 is 95.2 Å². The zero-order chi connectivity index (χ0) is 49.5. The quantitative estimate of drug-likeness (QED) is 0.112. The fourth-order valence-electron chi connectivity index (χ4n) is 15.0. The number of aliphatic carboxylic acids is 1. The molecule has 9 rings (SSSR count). The number of nitrogens with one attached hydrogen (secondary N) is 2. The number of allylic oxidation sites excluding steroid dienone is 1. The number of amides is 1. The molecule has 2 bridgehead atoms. The standard InChI is InChI=1S/C51H70N5O12P/c1-9-47(53-40(58)29-69(63,66-11-3)67-12-4)26-32-27-50(46(61)65-8,41-34(18-22-55(28-32)30-47)33-16-13-14-17-37(33)52-41)36-24-35-38(25-39(36)64-7)54(6)43-49(35)20-23-56-21-15-19-48(10-2,42(49)56)44(68-31(5)57)51(43,62)45(59)60/h13-17,19,24-25,32,36,39,42-44,52,62H,9-12,18,20-23,26-30H2,1-8H3,(H,53,58)(H,59,60)/t32-,36?,39?,42-,43+,44+,47-,48+,49+,50-,51-/m0/s1. The van der Waals surface area contributed by atoms with Crippen LogP contribution in [0.1, 0.15) is 78.0 Å². The number of aliphatic hydroxyl groups is 1. The molecule has 3 saturated heterocycles. The molecule has 1 saturated carbocycles. The Morgan fingerprint density at radius 2 is 1.72 bits per heavy atom. The Kier molecular flexibility index (Phi) is 13.0. The topological polar surface area (TPSA) is 209 Å². The maximum absolute atomic E-state index is 15.7. The molecule has 1 aromatic heterocycles. The molecule has 5 aliphatic heterocycles. The Balaban J connectivity index is 1.24. The van der Waals surface area contributed by atoms with Crippen molar-refractivity contribution >= 4 is 42.3 Å². The van der Waals surface area contributed by atoms with E-state index in [0.717, 1.165) is 27.7 Å². The van der Waals surface area contributed by atoms with E-state index >= 15 is 4.79 Å². The van der Waals surface area contributed by atoms with Crippen LogP contribution in [-0.2, 0) is 58.8 Å². The number of aromatic nitrogens is 1. The first kappa shape index (κ1) is 49.6. The Hall–Kier alpha value is -4.35. The van der Waals surface area contributed by atoms with Crippen LogP contribution in [0.15, 0.2) is 59.8 Å². The van der Waals surface area contributed by atoms with Crippen LogP contribution in [0.3, 0.4) is 0 Å². The Morgan fingerprint density at radius 1 is 0.986 bits per heavy atom. The minimum atomic E-state index is -3.72. The third-order valence-corrected chi connectivity index (χ3v) is 19.3. The molecule has 2 aromatic rings. The van der Waals surface area contributed by atoms with Crippen molar-refractivity contribution in [2.24, 2.45) is 22.7 Å². The zero-order valence-corrected chi connectivity index (χ0v) is 42.1. The number of likely N-dealkylation sites (N-methyl/N-ethyl adjacent to an activating group) is 1. The average molecular weight is 976 g/mol. The summed E-state index contributed by atoms with van der Waals surface area (Å²) in [4.78, 5) is 67.1. The number of para-hydroxylation sites is 1.